The molecule has 0 aliphatic carbocycles. The van der Waals surface area contributed by atoms with E-state index in [-0.39, 0.29) is 5.91 Å². The number of hydrogen-bond donors (Lipinski definition) is 1. The van der Waals surface area contributed by atoms with Crippen molar-refractivity contribution in [3.63, 3.8) is 0 Å². The number of thiazole rings is 1. The normalized spacial score (nSPS) is 10.3. The molecule has 2 aromatic rings. The minimum atomic E-state index is 0.0277. The van der Waals surface area contributed by atoms with Crippen LogP contribution < -0.4 is 10.2 Å². The number of nitrogens with one attached hydrogen (secondary N) is 1. The summed E-state index contributed by atoms with van der Waals surface area (Å²) in [6, 6.07) is 8.25. The quantitative estimate of drug-likeness (QED) is 0.917. The Morgan fingerprint density at radius 2 is 2.05 bits per heavy atom. The molecule has 0 fully saturated rings. The third-order valence-electron chi connectivity index (χ3n) is 2.99. The fraction of sp³-hybridized carbons (Fsp3) is 0.333. The molecule has 106 valence electrons. The van der Waals surface area contributed by atoms with E-state index in [4.69, 9.17) is 0 Å². The van der Waals surface area contributed by atoms with Gasteiger partial charge < -0.3 is 5.32 Å². The lowest BCUT2D eigenvalue weighted by Crippen LogP contribution is -2.27. The van der Waals surface area contributed by atoms with Crippen molar-refractivity contribution < 1.29 is 4.79 Å². The third kappa shape index (κ3) is 3.57. The van der Waals surface area contributed by atoms with Crippen molar-refractivity contribution in [1.29, 1.82) is 0 Å². The van der Waals surface area contributed by atoms with Crippen molar-refractivity contribution in [2.45, 2.75) is 27.3 Å². The van der Waals surface area contributed by atoms with E-state index < -0.39 is 0 Å². The highest BCUT2D eigenvalue weighted by Gasteiger charge is 2.13. The molecule has 1 amide bonds. The number of rotatable bonds is 5. The standard InChI is InChI=1S/C15H19N3OS/c1-4-18(12(3)19)15-17-14(10-20-15)9-16-13-7-5-11(2)6-8-13/h5-8,10,16H,4,9H2,1-3H3. The van der Waals surface area contributed by atoms with Crippen LogP contribution in [0.4, 0.5) is 10.8 Å². The van der Waals surface area contributed by atoms with E-state index in [1.807, 2.05) is 12.3 Å². The summed E-state index contributed by atoms with van der Waals surface area (Å²) in [4.78, 5) is 17.6. The van der Waals surface area contributed by atoms with Gasteiger partial charge in [-0.2, -0.15) is 0 Å². The summed E-state index contributed by atoms with van der Waals surface area (Å²) in [6.45, 7) is 6.89. The van der Waals surface area contributed by atoms with Gasteiger partial charge in [0.1, 0.15) is 0 Å². The molecule has 0 spiro atoms. The van der Waals surface area contributed by atoms with Gasteiger partial charge in [-0.3, -0.25) is 9.69 Å². The van der Waals surface area contributed by atoms with Gasteiger partial charge in [-0.1, -0.05) is 17.7 Å². The summed E-state index contributed by atoms with van der Waals surface area (Å²) in [6.07, 6.45) is 0. The van der Waals surface area contributed by atoms with Crippen molar-refractivity contribution in [2.75, 3.05) is 16.8 Å². The van der Waals surface area contributed by atoms with Crippen molar-refractivity contribution in [1.82, 2.24) is 4.98 Å². The van der Waals surface area contributed by atoms with E-state index in [0.717, 1.165) is 16.5 Å². The Hall–Kier alpha value is -1.88. The summed E-state index contributed by atoms with van der Waals surface area (Å²) in [7, 11) is 0. The van der Waals surface area contributed by atoms with Crippen LogP contribution in [-0.4, -0.2) is 17.4 Å². The number of aryl methyl sites for hydroxylation is 1. The van der Waals surface area contributed by atoms with Crippen molar-refractivity contribution in [3.8, 4) is 0 Å². The predicted octanol–water partition coefficient (Wildman–Crippen LogP) is 3.44. The average Bonchev–Trinajstić information content (AvgIpc) is 2.87. The topological polar surface area (TPSA) is 45.2 Å². The monoisotopic (exact) mass is 289 g/mol. The maximum atomic E-state index is 11.5. The zero-order valence-corrected chi connectivity index (χ0v) is 12.8. The van der Waals surface area contributed by atoms with Crippen LogP contribution in [0.15, 0.2) is 29.6 Å². The van der Waals surface area contributed by atoms with Gasteiger partial charge >= 0.3 is 0 Å². The molecule has 20 heavy (non-hydrogen) atoms. The zero-order chi connectivity index (χ0) is 14.5. The number of anilines is 2. The number of amides is 1. The van der Waals surface area contributed by atoms with E-state index in [0.29, 0.717) is 13.1 Å². The number of carbonyl (C=O) groups is 1. The number of aromatic nitrogens is 1. The third-order valence-corrected chi connectivity index (χ3v) is 3.90. The smallest absolute Gasteiger partial charge is 0.225 e. The molecule has 1 heterocycles. The lowest BCUT2D eigenvalue weighted by Gasteiger charge is -2.14. The highest BCUT2D eigenvalue weighted by Crippen LogP contribution is 2.21. The molecule has 5 heteroatoms. The van der Waals surface area contributed by atoms with Gasteiger partial charge in [0.2, 0.25) is 5.91 Å². The van der Waals surface area contributed by atoms with Crippen molar-refractivity contribution in [2.24, 2.45) is 0 Å². The molecule has 2 rings (SSSR count). The lowest BCUT2D eigenvalue weighted by atomic mass is 10.2. The highest BCUT2D eigenvalue weighted by atomic mass is 32.1. The maximum absolute atomic E-state index is 11.5. The molecule has 0 unspecified atom stereocenters. The molecule has 0 saturated heterocycles. The van der Waals surface area contributed by atoms with Gasteiger partial charge in [0, 0.05) is 24.5 Å². The first-order valence-corrected chi connectivity index (χ1v) is 7.51. The highest BCUT2D eigenvalue weighted by molar-refractivity contribution is 7.14. The molecular formula is C15H19N3OS. The molecule has 0 aliphatic rings. The Kier molecular flexibility index (Phi) is 4.74. The molecule has 1 aromatic heterocycles. The summed E-state index contributed by atoms with van der Waals surface area (Å²) in [5.41, 5.74) is 3.26. The Balaban J connectivity index is 1.99. The number of carbonyl (C=O) groups excluding carboxylic acids is 1. The fourth-order valence-electron chi connectivity index (χ4n) is 1.86. The van der Waals surface area contributed by atoms with Crippen LogP contribution in [0.1, 0.15) is 25.1 Å². The Bertz CT molecular complexity index is 577. The van der Waals surface area contributed by atoms with E-state index >= 15 is 0 Å². The minimum absolute atomic E-state index is 0.0277. The van der Waals surface area contributed by atoms with Gasteiger partial charge in [-0.25, -0.2) is 4.98 Å². The molecular weight excluding hydrogens is 270 g/mol. The van der Waals surface area contributed by atoms with Crippen LogP contribution in [0.25, 0.3) is 0 Å². The summed E-state index contributed by atoms with van der Waals surface area (Å²) in [5, 5.41) is 6.08. The van der Waals surface area contributed by atoms with Crippen molar-refractivity contribution >= 4 is 28.1 Å². The number of hydrogen-bond acceptors (Lipinski definition) is 4. The maximum Gasteiger partial charge on any atom is 0.225 e. The fourth-order valence-corrected chi connectivity index (χ4v) is 2.79. The first-order valence-electron chi connectivity index (χ1n) is 6.63. The van der Waals surface area contributed by atoms with E-state index in [9.17, 15) is 4.79 Å². The van der Waals surface area contributed by atoms with Crippen LogP contribution >= 0.6 is 11.3 Å². The molecule has 1 N–H and O–H groups in total. The number of nitrogens with zero attached hydrogens (tertiary/aromatic N) is 2. The predicted molar refractivity (Wildman–Crippen MR) is 84.3 cm³/mol. The SMILES string of the molecule is CCN(C(C)=O)c1nc(CNc2ccc(C)cc2)cs1. The molecule has 0 bridgehead atoms. The van der Waals surface area contributed by atoms with Crippen LogP contribution in [0.3, 0.4) is 0 Å². The Morgan fingerprint density at radius 3 is 2.65 bits per heavy atom. The van der Waals surface area contributed by atoms with E-state index in [1.54, 1.807) is 11.8 Å². The average molecular weight is 289 g/mol. The van der Waals surface area contributed by atoms with Gasteiger partial charge in [-0.05, 0) is 26.0 Å². The first kappa shape index (κ1) is 14.5. The van der Waals surface area contributed by atoms with Crippen LogP contribution in [-0.2, 0) is 11.3 Å². The van der Waals surface area contributed by atoms with Crippen LogP contribution in [0, 0.1) is 6.92 Å². The minimum Gasteiger partial charge on any atom is -0.379 e. The zero-order valence-electron chi connectivity index (χ0n) is 12.0. The van der Waals surface area contributed by atoms with E-state index in [2.05, 4.69) is 41.5 Å². The summed E-state index contributed by atoms with van der Waals surface area (Å²) < 4.78 is 0. The number of benzene rings is 1. The molecule has 1 aromatic carbocycles. The molecule has 4 nitrogen and oxygen atoms in total. The summed E-state index contributed by atoms with van der Waals surface area (Å²) in [5.74, 6) is 0.0277. The molecule has 0 aliphatic heterocycles. The molecule has 0 saturated carbocycles. The second-order valence-corrected chi connectivity index (χ2v) is 5.44. The first-order chi connectivity index (χ1) is 9.60. The van der Waals surface area contributed by atoms with Crippen molar-refractivity contribution in [3.05, 3.63) is 40.9 Å². The van der Waals surface area contributed by atoms with Crippen LogP contribution in [0.2, 0.25) is 0 Å². The summed E-state index contributed by atoms with van der Waals surface area (Å²) >= 11 is 1.50. The second-order valence-electron chi connectivity index (χ2n) is 4.60. The Morgan fingerprint density at radius 1 is 1.35 bits per heavy atom. The lowest BCUT2D eigenvalue weighted by molar-refractivity contribution is -0.116. The van der Waals surface area contributed by atoms with Gasteiger partial charge in [0.25, 0.3) is 0 Å². The van der Waals surface area contributed by atoms with Crippen LogP contribution in [0.5, 0.6) is 0 Å². The van der Waals surface area contributed by atoms with Gasteiger partial charge in [0.05, 0.1) is 12.2 Å². The van der Waals surface area contributed by atoms with Gasteiger partial charge in [-0.15, -0.1) is 11.3 Å². The van der Waals surface area contributed by atoms with Gasteiger partial charge in [0.15, 0.2) is 5.13 Å². The van der Waals surface area contributed by atoms with E-state index in [1.165, 1.54) is 16.9 Å². The molecule has 0 radical (unpaired) electrons. The largest absolute Gasteiger partial charge is 0.379 e. The molecule has 0 atom stereocenters. The second kappa shape index (κ2) is 6.52. The Labute approximate surface area is 123 Å².